The number of halogens is 1. The van der Waals surface area contributed by atoms with Crippen LogP contribution in [-0.2, 0) is 0 Å². The zero-order chi connectivity index (χ0) is 14.7. The van der Waals surface area contributed by atoms with E-state index in [4.69, 9.17) is 0 Å². The van der Waals surface area contributed by atoms with Crippen molar-refractivity contribution in [1.82, 2.24) is 5.32 Å². The molecule has 0 aliphatic heterocycles. The quantitative estimate of drug-likeness (QED) is 0.781. The van der Waals surface area contributed by atoms with Crippen molar-refractivity contribution in [3.05, 3.63) is 58.1 Å². The van der Waals surface area contributed by atoms with Crippen LogP contribution in [0.3, 0.4) is 0 Å². The number of phenolic OH excluding ortho intramolecular Hbond substituents is 2. The van der Waals surface area contributed by atoms with Gasteiger partial charge in [0.2, 0.25) is 0 Å². The third-order valence-corrected chi connectivity index (χ3v) is 3.82. The van der Waals surface area contributed by atoms with E-state index in [-0.39, 0.29) is 23.6 Å². The molecule has 0 saturated heterocycles. The molecule has 0 spiro atoms. The smallest absolute Gasteiger partial charge is 0.124 e. The minimum atomic E-state index is -0.0235. The van der Waals surface area contributed by atoms with Crippen LogP contribution < -0.4 is 5.32 Å². The van der Waals surface area contributed by atoms with Crippen LogP contribution in [0.25, 0.3) is 0 Å². The zero-order valence-electron chi connectivity index (χ0n) is 11.5. The maximum Gasteiger partial charge on any atom is 0.124 e. The highest BCUT2D eigenvalue weighted by molar-refractivity contribution is 9.10. The van der Waals surface area contributed by atoms with Gasteiger partial charge in [0.25, 0.3) is 0 Å². The summed E-state index contributed by atoms with van der Waals surface area (Å²) in [5, 5.41) is 22.6. The second-order valence-electron chi connectivity index (χ2n) is 4.91. The standard InChI is InChI=1S/C16H18BrNO2/c1-10(12-4-3-5-13(17)8-12)18-11(2)15-7-6-14(19)9-16(15)20/h3-11,18-20H,1-2H3. The summed E-state index contributed by atoms with van der Waals surface area (Å²) in [6, 6.07) is 12.9. The first-order valence-electron chi connectivity index (χ1n) is 6.50. The molecule has 0 amide bonds. The molecule has 20 heavy (non-hydrogen) atoms. The van der Waals surface area contributed by atoms with E-state index in [9.17, 15) is 10.2 Å². The van der Waals surface area contributed by atoms with Gasteiger partial charge in [0.05, 0.1) is 0 Å². The minimum Gasteiger partial charge on any atom is -0.508 e. The molecule has 2 aromatic carbocycles. The van der Waals surface area contributed by atoms with Crippen molar-refractivity contribution < 1.29 is 10.2 Å². The van der Waals surface area contributed by atoms with Crippen molar-refractivity contribution in [2.45, 2.75) is 25.9 Å². The lowest BCUT2D eigenvalue weighted by molar-refractivity contribution is 0.427. The first-order valence-corrected chi connectivity index (χ1v) is 7.30. The third-order valence-electron chi connectivity index (χ3n) is 3.33. The summed E-state index contributed by atoms with van der Waals surface area (Å²) >= 11 is 3.47. The fourth-order valence-electron chi connectivity index (χ4n) is 2.24. The highest BCUT2D eigenvalue weighted by Crippen LogP contribution is 2.29. The molecule has 2 rings (SSSR count). The minimum absolute atomic E-state index is 0.0235. The van der Waals surface area contributed by atoms with Crippen LogP contribution in [0.15, 0.2) is 46.9 Å². The number of aromatic hydroxyl groups is 2. The van der Waals surface area contributed by atoms with Crippen molar-refractivity contribution >= 4 is 15.9 Å². The number of nitrogens with one attached hydrogen (secondary N) is 1. The van der Waals surface area contributed by atoms with E-state index < -0.39 is 0 Å². The molecule has 3 nitrogen and oxygen atoms in total. The van der Waals surface area contributed by atoms with Crippen LogP contribution >= 0.6 is 15.9 Å². The van der Waals surface area contributed by atoms with E-state index >= 15 is 0 Å². The van der Waals surface area contributed by atoms with Crippen molar-refractivity contribution in [3.63, 3.8) is 0 Å². The molecule has 0 fully saturated rings. The molecule has 0 heterocycles. The number of hydrogen-bond donors (Lipinski definition) is 3. The Balaban J connectivity index is 2.12. The first-order chi connectivity index (χ1) is 9.47. The van der Waals surface area contributed by atoms with Crippen LogP contribution in [0.5, 0.6) is 11.5 Å². The van der Waals surface area contributed by atoms with E-state index in [1.807, 2.05) is 19.1 Å². The van der Waals surface area contributed by atoms with Crippen molar-refractivity contribution in [2.24, 2.45) is 0 Å². The molecule has 0 radical (unpaired) electrons. The Bertz CT molecular complexity index is 601. The maximum atomic E-state index is 9.88. The SMILES string of the molecule is CC(NC(C)c1ccc(O)cc1O)c1cccc(Br)c1. The van der Waals surface area contributed by atoms with E-state index in [1.165, 1.54) is 11.6 Å². The molecule has 0 bridgehead atoms. The monoisotopic (exact) mass is 335 g/mol. The molecular formula is C16H18BrNO2. The maximum absolute atomic E-state index is 9.88. The van der Waals surface area contributed by atoms with Crippen molar-refractivity contribution in [3.8, 4) is 11.5 Å². The molecule has 106 valence electrons. The summed E-state index contributed by atoms with van der Waals surface area (Å²) < 4.78 is 1.05. The van der Waals surface area contributed by atoms with Gasteiger partial charge in [-0.2, -0.15) is 0 Å². The summed E-state index contributed by atoms with van der Waals surface area (Å²) in [6.07, 6.45) is 0. The van der Waals surface area contributed by atoms with Gasteiger partial charge < -0.3 is 15.5 Å². The number of phenols is 2. The molecule has 2 unspecified atom stereocenters. The Kier molecular flexibility index (Phi) is 4.68. The van der Waals surface area contributed by atoms with Crippen molar-refractivity contribution in [2.75, 3.05) is 0 Å². The predicted molar refractivity (Wildman–Crippen MR) is 83.9 cm³/mol. The van der Waals surface area contributed by atoms with E-state index in [0.717, 1.165) is 10.0 Å². The fraction of sp³-hybridized carbons (Fsp3) is 0.250. The predicted octanol–water partition coefficient (Wildman–Crippen LogP) is 4.27. The van der Waals surface area contributed by atoms with E-state index in [0.29, 0.717) is 0 Å². The summed E-state index contributed by atoms with van der Waals surface area (Å²) in [5.74, 6) is 0.171. The molecular weight excluding hydrogens is 318 g/mol. The number of hydrogen-bond acceptors (Lipinski definition) is 3. The van der Waals surface area contributed by atoms with Crippen LogP contribution in [0, 0.1) is 0 Å². The summed E-state index contributed by atoms with van der Waals surface area (Å²) in [7, 11) is 0. The Labute approximate surface area is 127 Å². The average molecular weight is 336 g/mol. The van der Waals surface area contributed by atoms with Gasteiger partial charge in [-0.05, 0) is 37.6 Å². The van der Waals surface area contributed by atoms with Gasteiger partial charge in [-0.25, -0.2) is 0 Å². The Morgan fingerprint density at radius 2 is 1.75 bits per heavy atom. The van der Waals surface area contributed by atoms with Gasteiger partial charge in [0.15, 0.2) is 0 Å². The molecule has 4 heteroatoms. The lowest BCUT2D eigenvalue weighted by atomic mass is 10.0. The van der Waals surface area contributed by atoms with E-state index in [1.54, 1.807) is 12.1 Å². The van der Waals surface area contributed by atoms with Gasteiger partial charge in [0.1, 0.15) is 11.5 Å². The Morgan fingerprint density at radius 1 is 1.00 bits per heavy atom. The fourth-order valence-corrected chi connectivity index (χ4v) is 2.65. The third kappa shape index (κ3) is 3.52. The largest absolute Gasteiger partial charge is 0.508 e. The topological polar surface area (TPSA) is 52.5 Å². The second kappa shape index (κ2) is 6.29. The molecule has 3 N–H and O–H groups in total. The average Bonchev–Trinajstić information content (AvgIpc) is 2.38. The molecule has 2 aromatic rings. The summed E-state index contributed by atoms with van der Waals surface area (Å²) in [5.41, 5.74) is 1.94. The Hall–Kier alpha value is -1.52. The second-order valence-corrected chi connectivity index (χ2v) is 5.82. The van der Waals surface area contributed by atoms with Crippen molar-refractivity contribution in [1.29, 1.82) is 0 Å². The van der Waals surface area contributed by atoms with Gasteiger partial charge in [-0.15, -0.1) is 0 Å². The zero-order valence-corrected chi connectivity index (χ0v) is 13.1. The Morgan fingerprint density at radius 3 is 2.40 bits per heavy atom. The van der Waals surface area contributed by atoms with Gasteiger partial charge >= 0.3 is 0 Å². The highest BCUT2D eigenvalue weighted by atomic mass is 79.9. The molecule has 2 atom stereocenters. The highest BCUT2D eigenvalue weighted by Gasteiger charge is 2.14. The normalized spacial score (nSPS) is 13.9. The van der Waals surface area contributed by atoms with E-state index in [2.05, 4.69) is 40.3 Å². The van der Waals surface area contributed by atoms with Gasteiger partial charge in [0, 0.05) is 28.2 Å². The van der Waals surface area contributed by atoms with Crippen LogP contribution in [-0.4, -0.2) is 10.2 Å². The van der Waals surface area contributed by atoms with Crippen LogP contribution in [0.4, 0.5) is 0 Å². The number of rotatable bonds is 4. The van der Waals surface area contributed by atoms with Gasteiger partial charge in [-0.1, -0.05) is 34.1 Å². The van der Waals surface area contributed by atoms with Gasteiger partial charge in [-0.3, -0.25) is 0 Å². The lowest BCUT2D eigenvalue weighted by Crippen LogP contribution is -2.22. The summed E-state index contributed by atoms with van der Waals surface area (Å²) in [4.78, 5) is 0. The molecule has 0 aliphatic carbocycles. The number of benzene rings is 2. The van der Waals surface area contributed by atoms with Crippen LogP contribution in [0.2, 0.25) is 0 Å². The summed E-state index contributed by atoms with van der Waals surface area (Å²) in [6.45, 7) is 4.07. The molecule has 0 aromatic heterocycles. The van der Waals surface area contributed by atoms with Crippen LogP contribution in [0.1, 0.15) is 37.1 Å². The first kappa shape index (κ1) is 14.9. The molecule has 0 saturated carbocycles. The lowest BCUT2D eigenvalue weighted by Gasteiger charge is -2.21. The molecule has 0 aliphatic rings.